The number of benzene rings is 1. The minimum Gasteiger partial charge on any atom is -0.327 e. The molecule has 5 heteroatoms. The standard InChI is InChI=1S/C15H18N4S/c1-3-19-13-7-5-4-6-12(13)18-15(19)9-16-8-14-11(2)17-10-20-14/h4-7,10,16H,3,8-9H2,1-2H3. The molecule has 4 nitrogen and oxygen atoms in total. The van der Waals surface area contributed by atoms with E-state index in [2.05, 4.69) is 46.9 Å². The van der Waals surface area contributed by atoms with Gasteiger partial charge in [0.2, 0.25) is 0 Å². The van der Waals surface area contributed by atoms with E-state index in [0.717, 1.165) is 36.7 Å². The second-order valence-electron chi connectivity index (χ2n) is 4.73. The summed E-state index contributed by atoms with van der Waals surface area (Å²) in [5.74, 6) is 1.09. The first-order valence-electron chi connectivity index (χ1n) is 6.83. The third kappa shape index (κ3) is 2.46. The van der Waals surface area contributed by atoms with Crippen molar-refractivity contribution in [2.45, 2.75) is 33.5 Å². The van der Waals surface area contributed by atoms with Crippen molar-refractivity contribution in [2.24, 2.45) is 0 Å². The number of hydrogen-bond donors (Lipinski definition) is 1. The highest BCUT2D eigenvalue weighted by Crippen LogP contribution is 2.16. The molecule has 1 N–H and O–H groups in total. The summed E-state index contributed by atoms with van der Waals surface area (Å²) in [6, 6.07) is 8.29. The summed E-state index contributed by atoms with van der Waals surface area (Å²) < 4.78 is 2.27. The van der Waals surface area contributed by atoms with Crippen molar-refractivity contribution in [2.75, 3.05) is 0 Å². The second kappa shape index (κ2) is 5.73. The molecule has 0 spiro atoms. The van der Waals surface area contributed by atoms with Crippen molar-refractivity contribution >= 4 is 22.4 Å². The molecule has 1 aromatic carbocycles. The molecule has 0 unspecified atom stereocenters. The summed E-state index contributed by atoms with van der Waals surface area (Å²) >= 11 is 1.70. The van der Waals surface area contributed by atoms with Crippen molar-refractivity contribution in [1.29, 1.82) is 0 Å². The fourth-order valence-corrected chi connectivity index (χ4v) is 3.14. The molecule has 20 heavy (non-hydrogen) atoms. The molecule has 0 radical (unpaired) electrons. The zero-order chi connectivity index (χ0) is 13.9. The number of nitrogens with one attached hydrogen (secondary N) is 1. The van der Waals surface area contributed by atoms with Crippen LogP contribution in [0.25, 0.3) is 11.0 Å². The summed E-state index contributed by atoms with van der Waals surface area (Å²) in [5, 5.41) is 3.47. The van der Waals surface area contributed by atoms with Crippen LogP contribution in [-0.4, -0.2) is 14.5 Å². The van der Waals surface area contributed by atoms with E-state index in [-0.39, 0.29) is 0 Å². The lowest BCUT2D eigenvalue weighted by molar-refractivity contribution is 0.623. The van der Waals surface area contributed by atoms with E-state index in [4.69, 9.17) is 4.98 Å². The lowest BCUT2D eigenvalue weighted by Crippen LogP contribution is -2.16. The Morgan fingerprint density at radius 1 is 1.25 bits per heavy atom. The fraction of sp³-hybridized carbons (Fsp3) is 0.333. The van der Waals surface area contributed by atoms with Gasteiger partial charge in [0.1, 0.15) is 5.82 Å². The van der Waals surface area contributed by atoms with Crippen LogP contribution in [0.4, 0.5) is 0 Å². The van der Waals surface area contributed by atoms with Gasteiger partial charge in [0.05, 0.1) is 28.8 Å². The van der Waals surface area contributed by atoms with Crippen LogP contribution in [0.15, 0.2) is 29.8 Å². The van der Waals surface area contributed by atoms with Gasteiger partial charge < -0.3 is 9.88 Å². The predicted octanol–water partition coefficient (Wildman–Crippen LogP) is 3.11. The van der Waals surface area contributed by atoms with Crippen molar-refractivity contribution in [1.82, 2.24) is 19.9 Å². The van der Waals surface area contributed by atoms with E-state index in [0.29, 0.717) is 0 Å². The summed E-state index contributed by atoms with van der Waals surface area (Å²) in [5.41, 5.74) is 5.29. The molecule has 2 aromatic heterocycles. The Morgan fingerprint density at radius 2 is 2.10 bits per heavy atom. The van der Waals surface area contributed by atoms with Crippen molar-refractivity contribution < 1.29 is 0 Å². The number of para-hydroxylation sites is 2. The molecule has 0 saturated heterocycles. The Hall–Kier alpha value is -1.72. The number of rotatable bonds is 5. The number of fused-ring (bicyclic) bond motifs is 1. The predicted molar refractivity (Wildman–Crippen MR) is 82.8 cm³/mol. The first-order valence-corrected chi connectivity index (χ1v) is 7.71. The Bertz CT molecular complexity index is 714. The Labute approximate surface area is 122 Å². The fourth-order valence-electron chi connectivity index (χ4n) is 2.40. The van der Waals surface area contributed by atoms with Gasteiger partial charge in [0.25, 0.3) is 0 Å². The molecule has 3 rings (SSSR count). The number of imidazole rings is 1. The van der Waals surface area contributed by atoms with Crippen LogP contribution in [0.1, 0.15) is 23.3 Å². The molecule has 3 aromatic rings. The lowest BCUT2D eigenvalue weighted by Gasteiger charge is -2.07. The quantitative estimate of drug-likeness (QED) is 0.783. The van der Waals surface area contributed by atoms with E-state index in [1.807, 2.05) is 11.6 Å². The zero-order valence-corrected chi connectivity index (χ0v) is 12.6. The first-order chi connectivity index (χ1) is 9.79. The average Bonchev–Trinajstić information content (AvgIpc) is 3.02. The number of aromatic nitrogens is 3. The van der Waals surface area contributed by atoms with Crippen LogP contribution >= 0.6 is 11.3 Å². The summed E-state index contributed by atoms with van der Waals surface area (Å²) in [6.07, 6.45) is 0. The van der Waals surface area contributed by atoms with Gasteiger partial charge >= 0.3 is 0 Å². The SMILES string of the molecule is CCn1c(CNCc2scnc2C)nc2ccccc21. The summed E-state index contributed by atoms with van der Waals surface area (Å²) in [7, 11) is 0. The smallest absolute Gasteiger partial charge is 0.123 e. The highest BCUT2D eigenvalue weighted by Gasteiger charge is 2.09. The molecule has 0 atom stereocenters. The van der Waals surface area contributed by atoms with Crippen LogP contribution in [0.5, 0.6) is 0 Å². The van der Waals surface area contributed by atoms with E-state index in [9.17, 15) is 0 Å². The molecule has 0 bridgehead atoms. The molecule has 0 aliphatic heterocycles. The minimum absolute atomic E-state index is 0.778. The number of aryl methyl sites for hydroxylation is 2. The molecular formula is C15H18N4S. The minimum atomic E-state index is 0.778. The van der Waals surface area contributed by atoms with Crippen LogP contribution in [0, 0.1) is 6.92 Å². The van der Waals surface area contributed by atoms with Gasteiger partial charge in [-0.15, -0.1) is 11.3 Å². The van der Waals surface area contributed by atoms with Crippen LogP contribution in [0.2, 0.25) is 0 Å². The van der Waals surface area contributed by atoms with Gasteiger partial charge in [-0.1, -0.05) is 12.1 Å². The van der Waals surface area contributed by atoms with Gasteiger partial charge in [-0.3, -0.25) is 0 Å². The van der Waals surface area contributed by atoms with E-state index in [1.54, 1.807) is 11.3 Å². The van der Waals surface area contributed by atoms with Gasteiger partial charge in [0, 0.05) is 18.0 Å². The maximum Gasteiger partial charge on any atom is 0.123 e. The largest absolute Gasteiger partial charge is 0.327 e. The maximum atomic E-state index is 4.71. The molecular weight excluding hydrogens is 268 g/mol. The number of nitrogens with zero attached hydrogens (tertiary/aromatic N) is 3. The van der Waals surface area contributed by atoms with Crippen LogP contribution < -0.4 is 5.32 Å². The first kappa shape index (κ1) is 13.3. The Morgan fingerprint density at radius 3 is 2.85 bits per heavy atom. The highest BCUT2D eigenvalue weighted by atomic mass is 32.1. The van der Waals surface area contributed by atoms with Gasteiger partial charge in [-0.05, 0) is 26.0 Å². The lowest BCUT2D eigenvalue weighted by atomic mass is 10.3. The molecule has 0 amide bonds. The molecule has 2 heterocycles. The molecule has 104 valence electrons. The third-order valence-corrected chi connectivity index (χ3v) is 4.40. The van der Waals surface area contributed by atoms with Crippen molar-refractivity contribution in [3.63, 3.8) is 0 Å². The number of hydrogen-bond acceptors (Lipinski definition) is 4. The van der Waals surface area contributed by atoms with Crippen LogP contribution in [-0.2, 0) is 19.6 Å². The summed E-state index contributed by atoms with van der Waals surface area (Å²) in [6.45, 7) is 6.78. The van der Waals surface area contributed by atoms with Crippen molar-refractivity contribution in [3.05, 3.63) is 46.2 Å². The maximum absolute atomic E-state index is 4.71. The number of thiazole rings is 1. The van der Waals surface area contributed by atoms with Crippen LogP contribution in [0.3, 0.4) is 0 Å². The monoisotopic (exact) mass is 286 g/mol. The average molecular weight is 286 g/mol. The van der Waals surface area contributed by atoms with E-state index >= 15 is 0 Å². The van der Waals surface area contributed by atoms with E-state index < -0.39 is 0 Å². The second-order valence-corrected chi connectivity index (χ2v) is 5.66. The van der Waals surface area contributed by atoms with Gasteiger partial charge in [-0.25, -0.2) is 9.97 Å². The Balaban J connectivity index is 1.75. The Kier molecular flexibility index (Phi) is 3.80. The van der Waals surface area contributed by atoms with E-state index in [1.165, 1.54) is 10.4 Å². The highest BCUT2D eigenvalue weighted by molar-refractivity contribution is 7.09. The molecule has 0 fully saturated rings. The summed E-state index contributed by atoms with van der Waals surface area (Å²) in [4.78, 5) is 10.3. The third-order valence-electron chi connectivity index (χ3n) is 3.46. The molecule has 0 aliphatic carbocycles. The molecule has 0 aliphatic rings. The van der Waals surface area contributed by atoms with Gasteiger partial charge in [0.15, 0.2) is 0 Å². The topological polar surface area (TPSA) is 42.7 Å². The molecule has 0 saturated carbocycles. The van der Waals surface area contributed by atoms with Gasteiger partial charge in [-0.2, -0.15) is 0 Å². The van der Waals surface area contributed by atoms with Crippen molar-refractivity contribution in [3.8, 4) is 0 Å². The normalized spacial score (nSPS) is 11.3. The zero-order valence-electron chi connectivity index (χ0n) is 11.8.